The number of hydrogen-bond donors (Lipinski definition) is 1. The van der Waals surface area contributed by atoms with Crippen LogP contribution in [0.1, 0.15) is 10.4 Å². The van der Waals surface area contributed by atoms with E-state index in [2.05, 4.69) is 38.5 Å². The van der Waals surface area contributed by atoms with E-state index in [4.69, 9.17) is 9.84 Å². The molecule has 2 aromatic rings. The Kier molecular flexibility index (Phi) is 4.41. The van der Waals surface area contributed by atoms with Crippen LogP contribution in [0.15, 0.2) is 40.9 Å². The molecule has 0 aliphatic carbocycles. The first-order valence-electron chi connectivity index (χ1n) is 5.13. The lowest BCUT2D eigenvalue weighted by Gasteiger charge is -2.10. The smallest absolute Gasteiger partial charge is 0.339 e. The molecule has 2 rings (SSSR count). The van der Waals surface area contributed by atoms with Crippen LogP contribution in [0.5, 0.6) is 11.5 Å². The fourth-order valence-corrected chi connectivity index (χ4v) is 2.09. The van der Waals surface area contributed by atoms with Gasteiger partial charge in [0.2, 0.25) is 0 Å². The van der Waals surface area contributed by atoms with Crippen molar-refractivity contribution in [3.05, 3.63) is 55.8 Å². The molecule has 0 saturated carbocycles. The van der Waals surface area contributed by atoms with E-state index < -0.39 is 11.8 Å². The van der Waals surface area contributed by atoms with Crippen molar-refractivity contribution in [2.45, 2.75) is 0 Å². The standard InChI is InChI=1S/C13H7BrFIO3/c14-10-6-12(9(13(17)18)5-11(10)15)19-8-3-1-7(16)2-4-8/h1-6H,(H,17,18). The van der Waals surface area contributed by atoms with E-state index >= 15 is 0 Å². The van der Waals surface area contributed by atoms with Gasteiger partial charge < -0.3 is 9.84 Å². The molecule has 0 saturated heterocycles. The maximum absolute atomic E-state index is 13.3. The van der Waals surface area contributed by atoms with Crippen LogP contribution in [0, 0.1) is 9.39 Å². The molecule has 0 spiro atoms. The molecule has 0 unspecified atom stereocenters. The number of halogens is 3. The predicted octanol–water partition coefficient (Wildman–Crippen LogP) is 4.68. The second kappa shape index (κ2) is 5.87. The Morgan fingerprint density at radius 1 is 1.26 bits per heavy atom. The van der Waals surface area contributed by atoms with Gasteiger partial charge in [0, 0.05) is 3.57 Å². The SMILES string of the molecule is O=C(O)c1cc(F)c(Br)cc1Oc1ccc(I)cc1. The Morgan fingerprint density at radius 2 is 1.89 bits per heavy atom. The van der Waals surface area contributed by atoms with Crippen LogP contribution in [0.25, 0.3) is 0 Å². The van der Waals surface area contributed by atoms with Crippen LogP contribution in [0.2, 0.25) is 0 Å². The van der Waals surface area contributed by atoms with Gasteiger partial charge in [-0.1, -0.05) is 0 Å². The first-order valence-corrected chi connectivity index (χ1v) is 7.00. The van der Waals surface area contributed by atoms with E-state index in [0.717, 1.165) is 9.64 Å². The molecule has 0 fully saturated rings. The zero-order valence-corrected chi connectivity index (χ0v) is 13.1. The summed E-state index contributed by atoms with van der Waals surface area (Å²) in [7, 11) is 0. The Morgan fingerprint density at radius 3 is 2.47 bits per heavy atom. The summed E-state index contributed by atoms with van der Waals surface area (Å²) in [5.41, 5.74) is -0.223. The topological polar surface area (TPSA) is 46.5 Å². The van der Waals surface area contributed by atoms with E-state index in [1.807, 2.05) is 12.1 Å². The average molecular weight is 437 g/mol. The molecule has 1 N–H and O–H groups in total. The Hall–Kier alpha value is -1.15. The predicted molar refractivity (Wildman–Crippen MR) is 80.3 cm³/mol. The third-order valence-corrected chi connectivity index (χ3v) is 3.62. The van der Waals surface area contributed by atoms with Crippen LogP contribution < -0.4 is 4.74 Å². The number of ether oxygens (including phenoxy) is 1. The second-order valence-corrected chi connectivity index (χ2v) is 5.72. The average Bonchev–Trinajstić information content (AvgIpc) is 2.36. The molecule has 0 radical (unpaired) electrons. The normalized spacial score (nSPS) is 10.3. The Bertz CT molecular complexity index is 629. The number of carboxylic acid groups (broad SMARTS) is 1. The highest BCUT2D eigenvalue weighted by atomic mass is 127. The maximum atomic E-state index is 13.3. The van der Waals surface area contributed by atoms with Crippen LogP contribution in [-0.4, -0.2) is 11.1 Å². The van der Waals surface area contributed by atoms with Gasteiger partial charge in [0.05, 0.1) is 4.47 Å². The van der Waals surface area contributed by atoms with Crippen molar-refractivity contribution in [2.75, 3.05) is 0 Å². The van der Waals surface area contributed by atoms with Gasteiger partial charge in [-0.3, -0.25) is 0 Å². The minimum Gasteiger partial charge on any atom is -0.478 e. The van der Waals surface area contributed by atoms with E-state index in [1.54, 1.807) is 12.1 Å². The van der Waals surface area contributed by atoms with Crippen LogP contribution >= 0.6 is 38.5 Å². The Balaban J connectivity index is 2.41. The van der Waals surface area contributed by atoms with Crippen molar-refractivity contribution in [1.29, 1.82) is 0 Å². The van der Waals surface area contributed by atoms with E-state index in [1.165, 1.54) is 6.07 Å². The van der Waals surface area contributed by atoms with Crippen molar-refractivity contribution in [1.82, 2.24) is 0 Å². The monoisotopic (exact) mass is 436 g/mol. The summed E-state index contributed by atoms with van der Waals surface area (Å²) in [6.45, 7) is 0. The lowest BCUT2D eigenvalue weighted by molar-refractivity contribution is 0.0693. The zero-order chi connectivity index (χ0) is 14.0. The van der Waals surface area contributed by atoms with Crippen molar-refractivity contribution in [2.24, 2.45) is 0 Å². The molecule has 19 heavy (non-hydrogen) atoms. The molecule has 0 heterocycles. The number of hydrogen-bond acceptors (Lipinski definition) is 2. The number of carbonyl (C=O) groups is 1. The molecule has 3 nitrogen and oxygen atoms in total. The van der Waals surface area contributed by atoms with Gasteiger partial charge in [-0.15, -0.1) is 0 Å². The number of rotatable bonds is 3. The second-order valence-electron chi connectivity index (χ2n) is 3.62. The minimum atomic E-state index is -1.24. The van der Waals surface area contributed by atoms with E-state index in [9.17, 15) is 9.18 Å². The highest BCUT2D eigenvalue weighted by Gasteiger charge is 2.16. The molecule has 0 aliphatic heterocycles. The molecule has 98 valence electrons. The van der Waals surface area contributed by atoms with Crippen LogP contribution in [-0.2, 0) is 0 Å². The van der Waals surface area contributed by atoms with Crippen molar-refractivity contribution in [3.63, 3.8) is 0 Å². The van der Waals surface area contributed by atoms with Gasteiger partial charge >= 0.3 is 5.97 Å². The van der Waals surface area contributed by atoms with E-state index in [0.29, 0.717) is 5.75 Å². The molecule has 2 aromatic carbocycles. The van der Waals surface area contributed by atoms with Gasteiger partial charge in [0.15, 0.2) is 0 Å². The van der Waals surface area contributed by atoms with Gasteiger partial charge in [-0.2, -0.15) is 0 Å². The zero-order valence-electron chi connectivity index (χ0n) is 9.36. The third kappa shape index (κ3) is 3.44. The number of carboxylic acids is 1. The summed E-state index contributed by atoms with van der Waals surface area (Å²) < 4.78 is 20.0. The van der Waals surface area contributed by atoms with Crippen molar-refractivity contribution < 1.29 is 19.0 Å². The number of benzene rings is 2. The summed E-state index contributed by atoms with van der Waals surface area (Å²) in [6.07, 6.45) is 0. The molecule has 0 atom stereocenters. The summed E-state index contributed by atoms with van der Waals surface area (Å²) >= 11 is 5.15. The minimum absolute atomic E-state index is 0.0852. The summed E-state index contributed by atoms with van der Waals surface area (Å²) in [5.74, 6) is -1.32. The van der Waals surface area contributed by atoms with Gasteiger partial charge in [-0.25, -0.2) is 9.18 Å². The Labute approximate surface area is 130 Å². The largest absolute Gasteiger partial charge is 0.478 e. The molecule has 6 heteroatoms. The molecule has 0 aliphatic rings. The molecular weight excluding hydrogens is 430 g/mol. The maximum Gasteiger partial charge on any atom is 0.339 e. The lowest BCUT2D eigenvalue weighted by Crippen LogP contribution is -2.01. The first kappa shape index (κ1) is 14.3. The summed E-state index contributed by atoms with van der Waals surface area (Å²) in [4.78, 5) is 11.1. The number of aromatic carboxylic acids is 1. The fraction of sp³-hybridized carbons (Fsp3) is 0. The molecule has 0 aromatic heterocycles. The highest BCUT2D eigenvalue weighted by molar-refractivity contribution is 14.1. The highest BCUT2D eigenvalue weighted by Crippen LogP contribution is 2.30. The summed E-state index contributed by atoms with van der Waals surface area (Å²) in [6, 6.07) is 9.31. The van der Waals surface area contributed by atoms with E-state index in [-0.39, 0.29) is 15.8 Å². The van der Waals surface area contributed by atoms with Gasteiger partial charge in [0.25, 0.3) is 0 Å². The first-order chi connectivity index (χ1) is 8.97. The molecule has 0 bridgehead atoms. The molecule has 0 amide bonds. The van der Waals surface area contributed by atoms with Crippen LogP contribution in [0.3, 0.4) is 0 Å². The fourth-order valence-electron chi connectivity index (χ4n) is 1.41. The third-order valence-electron chi connectivity index (χ3n) is 2.29. The van der Waals surface area contributed by atoms with Crippen molar-refractivity contribution in [3.8, 4) is 11.5 Å². The van der Waals surface area contributed by atoms with Gasteiger partial charge in [0.1, 0.15) is 22.9 Å². The molecular formula is C13H7BrFIO3. The van der Waals surface area contributed by atoms with Crippen LogP contribution in [0.4, 0.5) is 4.39 Å². The quantitative estimate of drug-likeness (QED) is 0.710. The van der Waals surface area contributed by atoms with Gasteiger partial charge in [-0.05, 0) is 74.9 Å². The van der Waals surface area contributed by atoms with Crippen molar-refractivity contribution >= 4 is 44.5 Å². The summed E-state index contributed by atoms with van der Waals surface area (Å²) in [5, 5.41) is 9.04. The lowest BCUT2D eigenvalue weighted by atomic mass is 10.2.